The van der Waals surface area contributed by atoms with Crippen LogP contribution in [-0.4, -0.2) is 40.0 Å². The van der Waals surface area contributed by atoms with Crippen molar-refractivity contribution in [3.63, 3.8) is 0 Å². The molecule has 22 heavy (non-hydrogen) atoms. The Morgan fingerprint density at radius 2 is 2.09 bits per heavy atom. The highest BCUT2D eigenvalue weighted by Gasteiger charge is 2.31. The maximum absolute atomic E-state index is 12.3. The average molecular weight is 337 g/mol. The molecule has 1 aromatic rings. The highest BCUT2D eigenvalue weighted by molar-refractivity contribution is 8.26. The first-order valence-corrected chi connectivity index (χ1v) is 8.47. The molecule has 4 nitrogen and oxygen atoms in total. The minimum absolute atomic E-state index is 0.0509. The van der Waals surface area contributed by atoms with Crippen molar-refractivity contribution in [1.29, 1.82) is 0 Å². The summed E-state index contributed by atoms with van der Waals surface area (Å²) in [5.41, 5.74) is 0.937. The number of aliphatic hydroxyl groups excluding tert-OH is 1. The summed E-state index contributed by atoms with van der Waals surface area (Å²) < 4.78 is 6.08. The predicted octanol–water partition coefficient (Wildman–Crippen LogP) is 3.06. The molecule has 1 heterocycles. The zero-order chi connectivity index (χ0) is 15.9. The highest BCUT2D eigenvalue weighted by atomic mass is 32.2. The van der Waals surface area contributed by atoms with Crippen molar-refractivity contribution < 1.29 is 14.6 Å². The van der Waals surface area contributed by atoms with E-state index in [1.807, 2.05) is 30.3 Å². The van der Waals surface area contributed by atoms with Gasteiger partial charge in [-0.3, -0.25) is 9.69 Å². The molecule has 1 saturated heterocycles. The van der Waals surface area contributed by atoms with Gasteiger partial charge >= 0.3 is 0 Å². The van der Waals surface area contributed by atoms with Gasteiger partial charge in [-0.05, 0) is 36.6 Å². The number of thioether (sulfide) groups is 1. The molecule has 1 amide bonds. The third-order valence-corrected chi connectivity index (χ3v) is 4.44. The molecule has 1 N–H and O–H groups in total. The maximum Gasteiger partial charge on any atom is 0.266 e. The molecule has 118 valence electrons. The van der Waals surface area contributed by atoms with Gasteiger partial charge in [0.1, 0.15) is 10.1 Å². The number of rotatable bonds is 7. The standard InChI is InChI=1S/C16H19NO3S2/c1-2-10-20-13-6-4-12(5-7-13)11-14-15(19)17(8-3-9-18)16(21)22-14/h4-7,11,18H,2-3,8-10H2,1H3/b14-11-. The smallest absolute Gasteiger partial charge is 0.266 e. The Labute approximate surface area is 140 Å². The summed E-state index contributed by atoms with van der Waals surface area (Å²) in [4.78, 5) is 14.4. The Morgan fingerprint density at radius 1 is 1.36 bits per heavy atom. The summed E-state index contributed by atoms with van der Waals surface area (Å²) in [6.07, 6.45) is 3.34. The molecule has 0 aliphatic carbocycles. The summed E-state index contributed by atoms with van der Waals surface area (Å²) in [5, 5.41) is 8.87. The Hall–Kier alpha value is -1.37. The van der Waals surface area contributed by atoms with Crippen LogP contribution in [0.5, 0.6) is 5.75 Å². The summed E-state index contributed by atoms with van der Waals surface area (Å²) in [6.45, 7) is 3.27. The Morgan fingerprint density at radius 3 is 2.73 bits per heavy atom. The molecule has 1 aliphatic heterocycles. The fourth-order valence-electron chi connectivity index (χ4n) is 1.95. The van der Waals surface area contributed by atoms with E-state index in [0.29, 0.717) is 28.8 Å². The number of hydrogen-bond acceptors (Lipinski definition) is 5. The molecule has 0 aromatic heterocycles. The van der Waals surface area contributed by atoms with E-state index >= 15 is 0 Å². The number of ether oxygens (including phenoxy) is 1. The van der Waals surface area contributed by atoms with E-state index in [0.717, 1.165) is 17.7 Å². The average Bonchev–Trinajstić information content (AvgIpc) is 2.79. The van der Waals surface area contributed by atoms with Crippen molar-refractivity contribution in [2.24, 2.45) is 0 Å². The summed E-state index contributed by atoms with van der Waals surface area (Å²) in [6, 6.07) is 7.64. The van der Waals surface area contributed by atoms with Crippen molar-refractivity contribution in [2.75, 3.05) is 19.8 Å². The topological polar surface area (TPSA) is 49.8 Å². The number of benzene rings is 1. The zero-order valence-electron chi connectivity index (χ0n) is 12.4. The van der Waals surface area contributed by atoms with Crippen LogP contribution >= 0.6 is 24.0 Å². The van der Waals surface area contributed by atoms with Crippen LogP contribution in [0, 0.1) is 0 Å². The van der Waals surface area contributed by atoms with Crippen molar-refractivity contribution in [3.8, 4) is 5.75 Å². The fraction of sp³-hybridized carbons (Fsp3) is 0.375. The van der Waals surface area contributed by atoms with Gasteiger partial charge in [0.25, 0.3) is 5.91 Å². The predicted molar refractivity (Wildman–Crippen MR) is 93.8 cm³/mol. The SMILES string of the molecule is CCCOc1ccc(/C=C2\SC(=S)N(CCCO)C2=O)cc1. The monoisotopic (exact) mass is 337 g/mol. The van der Waals surface area contributed by atoms with Gasteiger partial charge in [0.2, 0.25) is 0 Å². The molecule has 0 atom stereocenters. The molecule has 0 saturated carbocycles. The number of amides is 1. The van der Waals surface area contributed by atoms with Gasteiger partial charge in [-0.25, -0.2) is 0 Å². The number of thiocarbonyl (C=S) groups is 1. The molecular weight excluding hydrogens is 318 g/mol. The molecular formula is C16H19NO3S2. The normalized spacial score (nSPS) is 16.6. The molecule has 6 heteroatoms. The highest BCUT2D eigenvalue weighted by Crippen LogP contribution is 2.32. The van der Waals surface area contributed by atoms with Crippen LogP contribution in [-0.2, 0) is 4.79 Å². The Bertz CT molecular complexity index is 569. The quantitative estimate of drug-likeness (QED) is 0.612. The van der Waals surface area contributed by atoms with Crippen LogP contribution in [0.25, 0.3) is 6.08 Å². The lowest BCUT2D eigenvalue weighted by molar-refractivity contribution is -0.122. The van der Waals surface area contributed by atoms with Crippen molar-refractivity contribution >= 4 is 40.3 Å². The van der Waals surface area contributed by atoms with Crippen LogP contribution in [0.15, 0.2) is 29.2 Å². The first-order valence-electron chi connectivity index (χ1n) is 7.24. The second kappa shape index (κ2) is 8.31. The minimum atomic E-state index is -0.0882. The summed E-state index contributed by atoms with van der Waals surface area (Å²) >= 11 is 6.52. The van der Waals surface area contributed by atoms with Gasteiger partial charge < -0.3 is 9.84 Å². The van der Waals surface area contributed by atoms with Crippen LogP contribution < -0.4 is 4.74 Å². The molecule has 2 rings (SSSR count). The molecule has 1 fully saturated rings. The van der Waals surface area contributed by atoms with E-state index < -0.39 is 0 Å². The van der Waals surface area contributed by atoms with E-state index in [1.54, 1.807) is 4.90 Å². The maximum atomic E-state index is 12.3. The molecule has 0 spiro atoms. The lowest BCUT2D eigenvalue weighted by atomic mass is 10.2. The summed E-state index contributed by atoms with van der Waals surface area (Å²) in [7, 11) is 0. The second-order valence-electron chi connectivity index (χ2n) is 4.83. The lowest BCUT2D eigenvalue weighted by Gasteiger charge is -2.12. The second-order valence-corrected chi connectivity index (χ2v) is 6.50. The Balaban J connectivity index is 2.06. The van der Waals surface area contributed by atoms with Gasteiger partial charge in [-0.2, -0.15) is 0 Å². The van der Waals surface area contributed by atoms with Crippen LogP contribution in [0.1, 0.15) is 25.3 Å². The van der Waals surface area contributed by atoms with Crippen LogP contribution in [0.3, 0.4) is 0 Å². The van der Waals surface area contributed by atoms with Gasteiger partial charge in [0.15, 0.2) is 0 Å². The largest absolute Gasteiger partial charge is 0.494 e. The number of aliphatic hydroxyl groups is 1. The van der Waals surface area contributed by atoms with Crippen molar-refractivity contribution in [3.05, 3.63) is 34.7 Å². The first-order chi connectivity index (χ1) is 10.7. The molecule has 0 unspecified atom stereocenters. The molecule has 1 aromatic carbocycles. The van der Waals surface area contributed by atoms with Gasteiger partial charge in [-0.15, -0.1) is 0 Å². The fourth-order valence-corrected chi connectivity index (χ4v) is 3.26. The van der Waals surface area contributed by atoms with Gasteiger partial charge in [-0.1, -0.05) is 43.0 Å². The Kier molecular flexibility index (Phi) is 6.42. The third-order valence-electron chi connectivity index (χ3n) is 3.06. The number of nitrogens with zero attached hydrogens (tertiary/aromatic N) is 1. The van der Waals surface area contributed by atoms with E-state index in [1.165, 1.54) is 11.8 Å². The first kappa shape index (κ1) is 17.0. The van der Waals surface area contributed by atoms with Crippen molar-refractivity contribution in [1.82, 2.24) is 4.90 Å². The molecule has 1 aliphatic rings. The third kappa shape index (κ3) is 4.32. The molecule has 0 radical (unpaired) electrons. The number of hydrogen-bond donors (Lipinski definition) is 1. The number of carbonyl (C=O) groups is 1. The molecule has 0 bridgehead atoms. The van der Waals surface area contributed by atoms with E-state index in [4.69, 9.17) is 22.1 Å². The summed E-state index contributed by atoms with van der Waals surface area (Å²) in [5.74, 6) is 0.740. The minimum Gasteiger partial charge on any atom is -0.494 e. The zero-order valence-corrected chi connectivity index (χ0v) is 14.1. The number of carbonyl (C=O) groups excluding carboxylic acids is 1. The van der Waals surface area contributed by atoms with Gasteiger partial charge in [0, 0.05) is 13.2 Å². The van der Waals surface area contributed by atoms with Crippen LogP contribution in [0.2, 0.25) is 0 Å². The van der Waals surface area contributed by atoms with Crippen molar-refractivity contribution in [2.45, 2.75) is 19.8 Å². The van der Waals surface area contributed by atoms with E-state index in [-0.39, 0.29) is 12.5 Å². The van der Waals surface area contributed by atoms with E-state index in [9.17, 15) is 4.79 Å². The van der Waals surface area contributed by atoms with E-state index in [2.05, 4.69) is 6.92 Å². The van der Waals surface area contributed by atoms with Crippen LogP contribution in [0.4, 0.5) is 0 Å². The lowest BCUT2D eigenvalue weighted by Crippen LogP contribution is -2.29. The van der Waals surface area contributed by atoms with Gasteiger partial charge in [0.05, 0.1) is 11.5 Å².